The molecule has 16 heavy (non-hydrogen) atoms. The largest absolute Gasteiger partial charge is 0.424 e. The highest BCUT2D eigenvalue weighted by Gasteiger charge is 2.00. The minimum absolute atomic E-state index is 0.216. The zero-order valence-corrected chi connectivity index (χ0v) is 9.72. The van der Waals surface area contributed by atoms with E-state index in [1.807, 2.05) is 12.1 Å². The summed E-state index contributed by atoms with van der Waals surface area (Å²) in [6.45, 7) is 0. The van der Waals surface area contributed by atoms with E-state index in [9.17, 15) is 4.79 Å². The molecular formula is C11H7BrN2O2. The summed E-state index contributed by atoms with van der Waals surface area (Å²) in [4.78, 5) is 18.2. The van der Waals surface area contributed by atoms with Crippen LogP contribution in [0, 0.1) is 0 Å². The van der Waals surface area contributed by atoms with Gasteiger partial charge in [-0.1, -0.05) is 15.9 Å². The van der Waals surface area contributed by atoms with E-state index >= 15 is 0 Å². The van der Waals surface area contributed by atoms with Gasteiger partial charge in [-0.05, 0) is 24.3 Å². The molecular weight excluding hydrogens is 272 g/mol. The SMILES string of the molecule is O=Cc1cnc(Oc2ccc(Br)cc2)nc1. The van der Waals surface area contributed by atoms with E-state index in [0.717, 1.165) is 4.47 Å². The van der Waals surface area contributed by atoms with Gasteiger partial charge in [0.25, 0.3) is 0 Å². The zero-order valence-electron chi connectivity index (χ0n) is 8.13. The molecule has 1 aromatic heterocycles. The Hall–Kier alpha value is -1.75. The standard InChI is InChI=1S/C11H7BrN2O2/c12-9-1-3-10(4-2-9)16-11-13-5-8(7-15)6-14-11/h1-7H. The second-order valence-electron chi connectivity index (χ2n) is 2.97. The Balaban J connectivity index is 2.14. The average molecular weight is 279 g/mol. The van der Waals surface area contributed by atoms with Gasteiger partial charge in [-0.3, -0.25) is 4.79 Å². The van der Waals surface area contributed by atoms with E-state index in [1.165, 1.54) is 12.4 Å². The molecule has 80 valence electrons. The molecule has 1 heterocycles. The van der Waals surface area contributed by atoms with Gasteiger partial charge in [-0.2, -0.15) is 0 Å². The van der Waals surface area contributed by atoms with Crippen molar-refractivity contribution in [3.8, 4) is 11.8 Å². The Morgan fingerprint density at radius 2 is 1.75 bits per heavy atom. The number of benzene rings is 1. The summed E-state index contributed by atoms with van der Waals surface area (Å²) in [7, 11) is 0. The Bertz CT molecular complexity index is 482. The number of hydrogen-bond acceptors (Lipinski definition) is 4. The minimum atomic E-state index is 0.216. The van der Waals surface area contributed by atoms with E-state index in [-0.39, 0.29) is 6.01 Å². The van der Waals surface area contributed by atoms with Gasteiger partial charge in [0, 0.05) is 16.9 Å². The van der Waals surface area contributed by atoms with Gasteiger partial charge in [0.1, 0.15) is 5.75 Å². The lowest BCUT2D eigenvalue weighted by Gasteiger charge is -2.02. The number of carbonyl (C=O) groups excluding carboxylic acids is 1. The molecule has 2 aromatic rings. The number of aldehydes is 1. The predicted molar refractivity (Wildman–Crippen MR) is 61.6 cm³/mol. The highest BCUT2D eigenvalue weighted by molar-refractivity contribution is 9.10. The summed E-state index contributed by atoms with van der Waals surface area (Å²) < 4.78 is 6.34. The van der Waals surface area contributed by atoms with Crippen LogP contribution in [0.5, 0.6) is 11.8 Å². The fourth-order valence-corrected chi connectivity index (χ4v) is 1.31. The van der Waals surface area contributed by atoms with Crippen molar-refractivity contribution >= 4 is 22.2 Å². The van der Waals surface area contributed by atoms with E-state index in [1.54, 1.807) is 12.1 Å². The van der Waals surface area contributed by atoms with Gasteiger partial charge < -0.3 is 4.74 Å². The van der Waals surface area contributed by atoms with Crippen molar-refractivity contribution < 1.29 is 9.53 Å². The summed E-state index contributed by atoms with van der Waals surface area (Å²) in [5.41, 5.74) is 0.420. The number of halogens is 1. The topological polar surface area (TPSA) is 52.1 Å². The van der Waals surface area contributed by atoms with E-state index in [2.05, 4.69) is 25.9 Å². The molecule has 1 aromatic carbocycles. The smallest absolute Gasteiger partial charge is 0.321 e. The summed E-state index contributed by atoms with van der Waals surface area (Å²) in [5, 5.41) is 0. The normalized spacial score (nSPS) is 9.81. The summed E-state index contributed by atoms with van der Waals surface area (Å²) in [6.07, 6.45) is 3.51. The van der Waals surface area contributed by atoms with Crippen molar-refractivity contribution in [1.82, 2.24) is 9.97 Å². The maximum atomic E-state index is 10.4. The van der Waals surface area contributed by atoms with Crippen LogP contribution in [0.1, 0.15) is 10.4 Å². The monoisotopic (exact) mass is 278 g/mol. The van der Waals surface area contributed by atoms with E-state index in [0.29, 0.717) is 17.6 Å². The molecule has 4 nitrogen and oxygen atoms in total. The number of hydrogen-bond donors (Lipinski definition) is 0. The molecule has 0 saturated heterocycles. The molecule has 0 unspecified atom stereocenters. The molecule has 5 heteroatoms. The first kappa shape index (κ1) is 10.8. The molecule has 0 saturated carbocycles. The van der Waals surface area contributed by atoms with Crippen LogP contribution in [-0.2, 0) is 0 Å². The number of ether oxygens (including phenoxy) is 1. The molecule has 0 amide bonds. The predicted octanol–water partition coefficient (Wildman–Crippen LogP) is 2.84. The van der Waals surface area contributed by atoms with Crippen molar-refractivity contribution in [1.29, 1.82) is 0 Å². The van der Waals surface area contributed by atoms with Crippen LogP contribution in [0.25, 0.3) is 0 Å². The summed E-state index contributed by atoms with van der Waals surface area (Å²) >= 11 is 3.32. The second kappa shape index (κ2) is 4.85. The van der Waals surface area contributed by atoms with Gasteiger partial charge in [0.15, 0.2) is 6.29 Å². The van der Waals surface area contributed by atoms with Crippen LogP contribution in [-0.4, -0.2) is 16.3 Å². The fraction of sp³-hybridized carbons (Fsp3) is 0. The lowest BCUT2D eigenvalue weighted by molar-refractivity contribution is 0.112. The first-order valence-corrected chi connectivity index (χ1v) is 5.28. The zero-order chi connectivity index (χ0) is 11.4. The third kappa shape index (κ3) is 2.64. The maximum Gasteiger partial charge on any atom is 0.321 e. The first-order valence-electron chi connectivity index (χ1n) is 4.48. The molecule has 0 fully saturated rings. The van der Waals surface area contributed by atoms with Crippen molar-refractivity contribution in [3.05, 3.63) is 46.7 Å². The Morgan fingerprint density at radius 3 is 2.31 bits per heavy atom. The third-order valence-corrected chi connectivity index (χ3v) is 2.34. The highest BCUT2D eigenvalue weighted by Crippen LogP contribution is 2.19. The van der Waals surface area contributed by atoms with Crippen LogP contribution in [0.4, 0.5) is 0 Å². The van der Waals surface area contributed by atoms with Crippen molar-refractivity contribution in [2.75, 3.05) is 0 Å². The van der Waals surface area contributed by atoms with Gasteiger partial charge in [-0.25, -0.2) is 9.97 Å². The first-order chi connectivity index (χ1) is 7.78. The third-order valence-electron chi connectivity index (χ3n) is 1.81. The van der Waals surface area contributed by atoms with Gasteiger partial charge in [0.2, 0.25) is 0 Å². The number of carbonyl (C=O) groups is 1. The average Bonchev–Trinajstić information content (AvgIpc) is 2.33. The van der Waals surface area contributed by atoms with E-state index in [4.69, 9.17) is 4.74 Å². The molecule has 2 rings (SSSR count). The molecule has 0 radical (unpaired) electrons. The van der Waals surface area contributed by atoms with Crippen molar-refractivity contribution in [2.45, 2.75) is 0 Å². The van der Waals surface area contributed by atoms with Gasteiger partial charge in [0.05, 0.1) is 5.56 Å². The molecule has 0 N–H and O–H groups in total. The molecule has 0 spiro atoms. The van der Waals surface area contributed by atoms with Gasteiger partial charge in [-0.15, -0.1) is 0 Å². The molecule has 0 bridgehead atoms. The van der Waals surface area contributed by atoms with Crippen molar-refractivity contribution in [3.63, 3.8) is 0 Å². The number of nitrogens with zero attached hydrogens (tertiary/aromatic N) is 2. The summed E-state index contributed by atoms with van der Waals surface area (Å²) in [6, 6.07) is 7.51. The van der Waals surface area contributed by atoms with Crippen LogP contribution >= 0.6 is 15.9 Å². The Labute approximate surface area is 100 Å². The highest BCUT2D eigenvalue weighted by atomic mass is 79.9. The Kier molecular flexibility index (Phi) is 3.26. The molecule has 0 aliphatic carbocycles. The second-order valence-corrected chi connectivity index (χ2v) is 3.89. The maximum absolute atomic E-state index is 10.4. The molecule has 0 aliphatic heterocycles. The van der Waals surface area contributed by atoms with Crippen molar-refractivity contribution in [2.24, 2.45) is 0 Å². The lowest BCUT2D eigenvalue weighted by Crippen LogP contribution is -1.92. The number of aromatic nitrogens is 2. The van der Waals surface area contributed by atoms with E-state index < -0.39 is 0 Å². The summed E-state index contributed by atoms with van der Waals surface area (Å²) in [5.74, 6) is 0.641. The quantitative estimate of drug-likeness (QED) is 0.811. The van der Waals surface area contributed by atoms with Crippen LogP contribution < -0.4 is 4.74 Å². The van der Waals surface area contributed by atoms with Crippen LogP contribution in [0.15, 0.2) is 41.1 Å². The Morgan fingerprint density at radius 1 is 1.12 bits per heavy atom. The minimum Gasteiger partial charge on any atom is -0.424 e. The molecule has 0 aliphatic rings. The van der Waals surface area contributed by atoms with Crippen LogP contribution in [0.2, 0.25) is 0 Å². The number of rotatable bonds is 3. The lowest BCUT2D eigenvalue weighted by atomic mass is 10.3. The fourth-order valence-electron chi connectivity index (χ4n) is 1.05. The van der Waals surface area contributed by atoms with Crippen LogP contribution in [0.3, 0.4) is 0 Å². The molecule has 0 atom stereocenters. The van der Waals surface area contributed by atoms with Gasteiger partial charge >= 0.3 is 6.01 Å².